The largest absolute Gasteiger partial charge is 0.327 e. The minimum absolute atomic E-state index is 0.283. The van der Waals surface area contributed by atoms with Crippen molar-refractivity contribution in [2.75, 3.05) is 6.16 Å². The lowest BCUT2D eigenvalue weighted by Gasteiger charge is -2.10. The van der Waals surface area contributed by atoms with E-state index in [1.54, 1.807) is 0 Å². The van der Waals surface area contributed by atoms with Gasteiger partial charge in [0.15, 0.2) is 0 Å². The van der Waals surface area contributed by atoms with Crippen molar-refractivity contribution >= 4 is 7.60 Å². The summed E-state index contributed by atoms with van der Waals surface area (Å²) in [5.74, 6) is 0.529. The Hall–Kier alpha value is -0.750. The molecule has 1 aromatic heterocycles. The second kappa shape index (κ2) is 3.97. The topological polar surface area (TPSA) is 125 Å². The van der Waals surface area contributed by atoms with E-state index in [0.717, 1.165) is 0 Å². The predicted octanol–water partition coefficient (Wildman–Crippen LogP) is -1.15. The SMILES string of the molecule is NC(Cc1ncn[nH]1)CP(=O)(O)O. The fourth-order valence-corrected chi connectivity index (χ4v) is 1.69. The molecular weight excluding hydrogens is 195 g/mol. The molecule has 0 spiro atoms. The third-order valence-electron chi connectivity index (χ3n) is 1.39. The summed E-state index contributed by atoms with van der Waals surface area (Å²) in [5, 5.41) is 6.15. The summed E-state index contributed by atoms with van der Waals surface area (Å²) in [7, 11) is -4.03. The summed E-state index contributed by atoms with van der Waals surface area (Å²) in [6, 6.07) is -0.603. The molecule has 1 atom stereocenters. The van der Waals surface area contributed by atoms with Gasteiger partial charge in [0.05, 0.1) is 6.16 Å². The molecule has 0 aromatic carbocycles. The molecule has 5 N–H and O–H groups in total. The molecule has 1 aromatic rings. The summed E-state index contributed by atoms with van der Waals surface area (Å²) in [6.45, 7) is 0. The van der Waals surface area contributed by atoms with Gasteiger partial charge in [-0.2, -0.15) is 5.10 Å². The maximum atomic E-state index is 10.5. The third-order valence-corrected chi connectivity index (χ3v) is 2.34. The standard InChI is InChI=1S/C5H11N4O3P/c6-4(2-13(10,11)12)1-5-7-3-8-9-5/h3-4H,1-2,6H2,(H,7,8,9)(H2,10,11,12). The minimum atomic E-state index is -4.03. The Morgan fingerprint density at radius 3 is 2.85 bits per heavy atom. The molecule has 0 saturated heterocycles. The number of hydrogen-bond acceptors (Lipinski definition) is 4. The van der Waals surface area contributed by atoms with Crippen LogP contribution in [-0.2, 0) is 11.0 Å². The molecule has 74 valence electrons. The van der Waals surface area contributed by atoms with Crippen molar-refractivity contribution in [2.45, 2.75) is 12.5 Å². The normalized spacial score (nSPS) is 14.4. The highest BCUT2D eigenvalue weighted by Crippen LogP contribution is 2.34. The van der Waals surface area contributed by atoms with Gasteiger partial charge >= 0.3 is 7.60 Å². The van der Waals surface area contributed by atoms with E-state index in [9.17, 15) is 4.57 Å². The number of aromatic amines is 1. The van der Waals surface area contributed by atoms with E-state index in [1.807, 2.05) is 0 Å². The number of nitrogens with zero attached hydrogens (tertiary/aromatic N) is 2. The first-order chi connectivity index (χ1) is 5.97. The monoisotopic (exact) mass is 206 g/mol. The van der Waals surface area contributed by atoms with E-state index >= 15 is 0 Å². The molecule has 1 rings (SSSR count). The first kappa shape index (κ1) is 10.3. The highest BCUT2D eigenvalue weighted by Gasteiger charge is 2.19. The molecule has 0 aliphatic carbocycles. The molecule has 0 bridgehead atoms. The zero-order valence-corrected chi connectivity index (χ0v) is 7.69. The Balaban J connectivity index is 2.43. The molecule has 0 radical (unpaired) electrons. The van der Waals surface area contributed by atoms with Gasteiger partial charge in [0, 0.05) is 12.5 Å². The molecule has 0 amide bonds. The number of nitrogens with two attached hydrogens (primary N) is 1. The van der Waals surface area contributed by atoms with Crippen LogP contribution in [0.5, 0.6) is 0 Å². The Morgan fingerprint density at radius 1 is 1.69 bits per heavy atom. The van der Waals surface area contributed by atoms with Crippen LogP contribution in [0.1, 0.15) is 5.82 Å². The first-order valence-electron chi connectivity index (χ1n) is 3.62. The van der Waals surface area contributed by atoms with Crippen molar-refractivity contribution in [1.29, 1.82) is 0 Å². The van der Waals surface area contributed by atoms with Gasteiger partial charge in [0.2, 0.25) is 0 Å². The highest BCUT2D eigenvalue weighted by atomic mass is 31.2. The van der Waals surface area contributed by atoms with Gasteiger partial charge in [-0.15, -0.1) is 0 Å². The van der Waals surface area contributed by atoms with Crippen LogP contribution in [0.25, 0.3) is 0 Å². The zero-order chi connectivity index (χ0) is 9.90. The van der Waals surface area contributed by atoms with Crippen molar-refractivity contribution in [3.63, 3.8) is 0 Å². The molecule has 13 heavy (non-hydrogen) atoms. The van der Waals surface area contributed by atoms with E-state index in [4.69, 9.17) is 15.5 Å². The van der Waals surface area contributed by atoms with Gasteiger partial charge in [-0.05, 0) is 0 Å². The van der Waals surface area contributed by atoms with E-state index in [1.165, 1.54) is 6.33 Å². The van der Waals surface area contributed by atoms with Crippen molar-refractivity contribution in [2.24, 2.45) is 5.73 Å². The minimum Gasteiger partial charge on any atom is -0.327 e. The summed E-state index contributed by atoms with van der Waals surface area (Å²) < 4.78 is 10.5. The average Bonchev–Trinajstić information content (AvgIpc) is 2.34. The van der Waals surface area contributed by atoms with Crippen molar-refractivity contribution in [1.82, 2.24) is 15.2 Å². The maximum absolute atomic E-state index is 10.5. The zero-order valence-electron chi connectivity index (χ0n) is 6.79. The van der Waals surface area contributed by atoms with E-state index in [0.29, 0.717) is 5.82 Å². The summed E-state index contributed by atoms with van der Waals surface area (Å²) >= 11 is 0. The molecule has 0 aliphatic heterocycles. The fourth-order valence-electron chi connectivity index (χ4n) is 0.948. The van der Waals surface area contributed by atoms with Crippen molar-refractivity contribution < 1.29 is 14.4 Å². The second-order valence-electron chi connectivity index (χ2n) is 2.74. The predicted molar refractivity (Wildman–Crippen MR) is 45.0 cm³/mol. The van der Waals surface area contributed by atoms with Gasteiger partial charge < -0.3 is 15.5 Å². The lowest BCUT2D eigenvalue weighted by molar-refractivity contribution is 0.368. The Bertz CT molecular complexity index is 295. The van der Waals surface area contributed by atoms with Crippen molar-refractivity contribution in [3.8, 4) is 0 Å². The van der Waals surface area contributed by atoms with Gasteiger partial charge in [-0.3, -0.25) is 9.66 Å². The van der Waals surface area contributed by atoms with E-state index < -0.39 is 13.6 Å². The molecular formula is C5H11N4O3P. The van der Waals surface area contributed by atoms with Gasteiger partial charge in [-0.1, -0.05) is 0 Å². The number of aromatic nitrogens is 3. The van der Waals surface area contributed by atoms with Crippen LogP contribution in [0.15, 0.2) is 6.33 Å². The fraction of sp³-hybridized carbons (Fsp3) is 0.600. The van der Waals surface area contributed by atoms with Crippen LogP contribution in [0.4, 0.5) is 0 Å². The average molecular weight is 206 g/mol. The molecule has 1 unspecified atom stereocenters. The van der Waals surface area contributed by atoms with Crippen LogP contribution in [-0.4, -0.2) is 37.2 Å². The molecule has 7 nitrogen and oxygen atoms in total. The molecule has 8 heteroatoms. The Kier molecular flexibility index (Phi) is 3.16. The number of nitrogens with one attached hydrogen (secondary N) is 1. The molecule has 0 saturated carbocycles. The quantitative estimate of drug-likeness (QED) is 0.461. The van der Waals surface area contributed by atoms with E-state index in [-0.39, 0.29) is 12.6 Å². The summed E-state index contributed by atoms with van der Waals surface area (Å²) in [5.41, 5.74) is 5.47. The van der Waals surface area contributed by atoms with Crippen LogP contribution >= 0.6 is 7.60 Å². The Morgan fingerprint density at radius 2 is 2.38 bits per heavy atom. The molecule has 1 heterocycles. The van der Waals surface area contributed by atoms with E-state index in [2.05, 4.69) is 15.2 Å². The van der Waals surface area contributed by atoms with Gasteiger partial charge in [0.25, 0.3) is 0 Å². The Labute approximate surface area is 74.5 Å². The second-order valence-corrected chi connectivity index (χ2v) is 4.44. The van der Waals surface area contributed by atoms with Crippen LogP contribution < -0.4 is 5.73 Å². The van der Waals surface area contributed by atoms with Crippen LogP contribution in [0.3, 0.4) is 0 Å². The van der Waals surface area contributed by atoms with Crippen LogP contribution in [0, 0.1) is 0 Å². The maximum Gasteiger partial charge on any atom is 0.327 e. The first-order valence-corrected chi connectivity index (χ1v) is 5.41. The molecule has 0 fully saturated rings. The lowest BCUT2D eigenvalue weighted by Crippen LogP contribution is -2.27. The summed E-state index contributed by atoms with van der Waals surface area (Å²) in [6.07, 6.45) is 1.26. The smallest absolute Gasteiger partial charge is 0.327 e. The van der Waals surface area contributed by atoms with Crippen molar-refractivity contribution in [3.05, 3.63) is 12.2 Å². The number of H-pyrrole nitrogens is 1. The van der Waals surface area contributed by atoms with Gasteiger partial charge in [0.1, 0.15) is 12.2 Å². The summed E-state index contributed by atoms with van der Waals surface area (Å²) in [4.78, 5) is 21.0. The van der Waals surface area contributed by atoms with Crippen LogP contribution in [0.2, 0.25) is 0 Å². The lowest BCUT2D eigenvalue weighted by atomic mass is 10.2. The molecule has 0 aliphatic rings. The number of hydrogen-bond donors (Lipinski definition) is 4. The highest BCUT2D eigenvalue weighted by molar-refractivity contribution is 7.51. The third kappa shape index (κ3) is 4.14. The van der Waals surface area contributed by atoms with Gasteiger partial charge in [-0.25, -0.2) is 4.98 Å². The number of rotatable bonds is 4.